The number of nitrogens with zero attached hydrogens (tertiary/aromatic N) is 1. The molecular formula is C12H22N2OS2. The van der Waals surface area contributed by atoms with E-state index in [2.05, 4.69) is 10.3 Å². The molecule has 98 valence electrons. The van der Waals surface area contributed by atoms with E-state index in [1.165, 1.54) is 25.0 Å². The Kier molecular flexibility index (Phi) is 4.91. The lowest BCUT2D eigenvalue weighted by molar-refractivity contribution is 0.489. The molecule has 1 N–H and O–H groups in total. The van der Waals surface area contributed by atoms with Crippen LogP contribution in [0.25, 0.3) is 0 Å². The van der Waals surface area contributed by atoms with Gasteiger partial charge in [-0.3, -0.25) is 9.20 Å². The number of aliphatic imine (C=N–C) groups is 1. The molecule has 1 aliphatic heterocycles. The number of thioether (sulfide) groups is 1. The molecular weight excluding hydrogens is 252 g/mol. The molecule has 1 heterocycles. The Hall–Kier alpha value is -0.0300. The zero-order chi connectivity index (χ0) is 12.3. The molecule has 0 radical (unpaired) electrons. The van der Waals surface area contributed by atoms with Crippen LogP contribution in [0.4, 0.5) is 0 Å². The van der Waals surface area contributed by atoms with Gasteiger partial charge in [0, 0.05) is 40.6 Å². The molecule has 2 fully saturated rings. The Morgan fingerprint density at radius 1 is 1.59 bits per heavy atom. The third kappa shape index (κ3) is 3.71. The second kappa shape index (κ2) is 6.23. The number of hydrogen-bond acceptors (Lipinski definition) is 3. The highest BCUT2D eigenvalue weighted by Gasteiger charge is 2.31. The van der Waals surface area contributed by atoms with Crippen LogP contribution in [0, 0.1) is 5.92 Å². The molecule has 0 aromatic carbocycles. The summed E-state index contributed by atoms with van der Waals surface area (Å²) in [6, 6.07) is 0.674. The van der Waals surface area contributed by atoms with Gasteiger partial charge in [0.15, 0.2) is 5.17 Å². The standard InChI is InChI=1S/C12H22N2OS2/c1-9(17(2)15)6-7-13-12-14-11-5-3-4-10(11)8-16-12/h9-11H,3-8H2,1-2H3,(H,13,14). The summed E-state index contributed by atoms with van der Waals surface area (Å²) in [6.45, 7) is 2.83. The fourth-order valence-corrected chi connectivity index (χ4v) is 4.04. The summed E-state index contributed by atoms with van der Waals surface area (Å²) in [5.41, 5.74) is 0. The maximum atomic E-state index is 11.2. The highest BCUT2D eigenvalue weighted by molar-refractivity contribution is 8.13. The number of fused-ring (bicyclic) bond motifs is 1. The predicted molar refractivity (Wildman–Crippen MR) is 77.2 cm³/mol. The smallest absolute Gasteiger partial charge is 0.156 e. The van der Waals surface area contributed by atoms with Crippen molar-refractivity contribution in [1.29, 1.82) is 0 Å². The van der Waals surface area contributed by atoms with E-state index >= 15 is 0 Å². The summed E-state index contributed by atoms with van der Waals surface area (Å²) in [4.78, 5) is 4.60. The van der Waals surface area contributed by atoms with Crippen LogP contribution in [0.3, 0.4) is 0 Å². The van der Waals surface area contributed by atoms with Crippen molar-refractivity contribution in [2.24, 2.45) is 10.9 Å². The molecule has 0 bridgehead atoms. The van der Waals surface area contributed by atoms with Gasteiger partial charge in [-0.05, 0) is 25.2 Å². The highest BCUT2D eigenvalue weighted by atomic mass is 32.2. The lowest BCUT2D eigenvalue weighted by Gasteiger charge is -2.28. The molecule has 2 rings (SSSR count). The second-order valence-corrected chi connectivity index (χ2v) is 7.85. The maximum Gasteiger partial charge on any atom is 0.156 e. The number of rotatable bonds is 4. The van der Waals surface area contributed by atoms with Crippen molar-refractivity contribution in [2.75, 3.05) is 18.6 Å². The average molecular weight is 274 g/mol. The van der Waals surface area contributed by atoms with Crippen LogP contribution in [0.5, 0.6) is 0 Å². The largest absolute Gasteiger partial charge is 0.362 e. The first-order chi connectivity index (χ1) is 8.16. The van der Waals surface area contributed by atoms with Gasteiger partial charge in [0.05, 0.1) is 0 Å². The molecule has 17 heavy (non-hydrogen) atoms. The summed E-state index contributed by atoms with van der Waals surface area (Å²) in [7, 11) is -0.718. The Morgan fingerprint density at radius 3 is 3.18 bits per heavy atom. The van der Waals surface area contributed by atoms with E-state index in [1.54, 1.807) is 6.26 Å². The zero-order valence-corrected chi connectivity index (χ0v) is 12.3. The summed E-state index contributed by atoms with van der Waals surface area (Å²) >= 11 is 1.86. The predicted octanol–water partition coefficient (Wildman–Crippen LogP) is 2.00. The Morgan fingerprint density at radius 2 is 2.41 bits per heavy atom. The van der Waals surface area contributed by atoms with E-state index in [4.69, 9.17) is 0 Å². The molecule has 5 heteroatoms. The van der Waals surface area contributed by atoms with Crippen LogP contribution >= 0.6 is 11.8 Å². The summed E-state index contributed by atoms with van der Waals surface area (Å²) in [5.74, 6) is 2.09. The van der Waals surface area contributed by atoms with Crippen LogP contribution in [0.15, 0.2) is 4.99 Å². The number of amidine groups is 1. The Balaban J connectivity index is 1.76. The molecule has 2 aliphatic rings. The minimum absolute atomic E-state index is 0.257. The quantitative estimate of drug-likeness (QED) is 0.852. The van der Waals surface area contributed by atoms with E-state index in [0.29, 0.717) is 6.04 Å². The van der Waals surface area contributed by atoms with Gasteiger partial charge in [0.2, 0.25) is 0 Å². The van der Waals surface area contributed by atoms with Crippen molar-refractivity contribution in [3.05, 3.63) is 0 Å². The normalized spacial score (nSPS) is 34.1. The third-order valence-corrected chi connectivity index (χ3v) is 6.24. The van der Waals surface area contributed by atoms with Crippen molar-refractivity contribution in [2.45, 2.75) is 43.9 Å². The van der Waals surface area contributed by atoms with E-state index in [9.17, 15) is 4.21 Å². The number of nitrogens with one attached hydrogen (secondary N) is 1. The van der Waals surface area contributed by atoms with Crippen LogP contribution in [-0.2, 0) is 10.8 Å². The van der Waals surface area contributed by atoms with Crippen LogP contribution in [0.1, 0.15) is 32.6 Å². The van der Waals surface area contributed by atoms with E-state index in [0.717, 1.165) is 24.1 Å². The second-order valence-electron chi connectivity index (χ2n) is 5.04. The van der Waals surface area contributed by atoms with Gasteiger partial charge in [0.1, 0.15) is 0 Å². The molecule has 0 spiro atoms. The Labute approximate surface area is 111 Å². The van der Waals surface area contributed by atoms with Gasteiger partial charge in [-0.1, -0.05) is 25.1 Å². The van der Waals surface area contributed by atoms with Crippen molar-refractivity contribution >= 4 is 27.7 Å². The third-order valence-electron chi connectivity index (χ3n) is 3.76. The van der Waals surface area contributed by atoms with Gasteiger partial charge in [-0.15, -0.1) is 0 Å². The van der Waals surface area contributed by atoms with Crippen molar-refractivity contribution in [3.8, 4) is 0 Å². The monoisotopic (exact) mass is 274 g/mol. The van der Waals surface area contributed by atoms with Gasteiger partial charge in [-0.2, -0.15) is 0 Å². The zero-order valence-electron chi connectivity index (χ0n) is 10.6. The lowest BCUT2D eigenvalue weighted by Crippen LogP contribution is -2.41. The number of hydrogen-bond donors (Lipinski definition) is 1. The van der Waals surface area contributed by atoms with Gasteiger partial charge in [-0.25, -0.2) is 0 Å². The van der Waals surface area contributed by atoms with Gasteiger partial charge in [0.25, 0.3) is 0 Å². The maximum absolute atomic E-state index is 11.2. The van der Waals surface area contributed by atoms with E-state index in [1.807, 2.05) is 18.7 Å². The molecule has 1 aliphatic carbocycles. The van der Waals surface area contributed by atoms with Crippen LogP contribution in [-0.4, -0.2) is 39.2 Å². The first-order valence-corrected chi connectivity index (χ1v) is 9.03. The van der Waals surface area contributed by atoms with Crippen molar-refractivity contribution in [3.63, 3.8) is 0 Å². The molecule has 1 saturated carbocycles. The van der Waals surface area contributed by atoms with Crippen LogP contribution in [0.2, 0.25) is 0 Å². The molecule has 4 atom stereocenters. The summed E-state index contributed by atoms with van der Waals surface area (Å²) in [5, 5.41) is 4.93. The summed E-state index contributed by atoms with van der Waals surface area (Å²) < 4.78 is 11.2. The van der Waals surface area contributed by atoms with Crippen molar-refractivity contribution < 1.29 is 4.21 Å². The fraction of sp³-hybridized carbons (Fsp3) is 0.917. The molecule has 3 nitrogen and oxygen atoms in total. The van der Waals surface area contributed by atoms with Crippen molar-refractivity contribution in [1.82, 2.24) is 5.32 Å². The minimum Gasteiger partial charge on any atom is -0.362 e. The lowest BCUT2D eigenvalue weighted by atomic mass is 10.1. The highest BCUT2D eigenvalue weighted by Crippen LogP contribution is 2.32. The average Bonchev–Trinajstić information content (AvgIpc) is 2.75. The molecule has 1 saturated heterocycles. The summed E-state index contributed by atoms with van der Waals surface area (Å²) in [6.07, 6.45) is 6.74. The Bertz CT molecular complexity index is 320. The van der Waals surface area contributed by atoms with Gasteiger partial charge >= 0.3 is 0 Å². The topological polar surface area (TPSA) is 41.5 Å². The minimum atomic E-state index is -0.718. The van der Waals surface area contributed by atoms with E-state index < -0.39 is 10.8 Å². The van der Waals surface area contributed by atoms with Crippen LogP contribution < -0.4 is 5.32 Å². The van der Waals surface area contributed by atoms with Gasteiger partial charge < -0.3 is 5.32 Å². The fourth-order valence-electron chi connectivity index (χ4n) is 2.42. The first kappa shape index (κ1) is 13.4. The van der Waals surface area contributed by atoms with E-state index in [-0.39, 0.29) is 5.25 Å². The molecule has 0 aromatic heterocycles. The molecule has 0 amide bonds. The SMILES string of the molecule is CC(CCN=C1NC2CCCC2CS1)S(C)=O. The molecule has 0 aromatic rings. The first-order valence-electron chi connectivity index (χ1n) is 6.43. The molecule has 4 unspecified atom stereocenters.